The molecule has 0 aliphatic carbocycles. The van der Waals surface area contributed by atoms with E-state index >= 15 is 0 Å². The number of nitro benzene ring substituents is 1. The van der Waals surface area contributed by atoms with Crippen molar-refractivity contribution in [1.29, 1.82) is 0 Å². The number of hydrogen-bond donors (Lipinski definition) is 1. The van der Waals surface area contributed by atoms with Crippen molar-refractivity contribution in [3.63, 3.8) is 0 Å². The molecule has 0 aliphatic heterocycles. The van der Waals surface area contributed by atoms with E-state index in [1.807, 2.05) is 0 Å². The maximum atomic E-state index is 13.0. The van der Waals surface area contributed by atoms with Crippen LogP contribution in [0.4, 0.5) is 10.1 Å². The van der Waals surface area contributed by atoms with Crippen LogP contribution in [0.5, 0.6) is 5.75 Å². The lowest BCUT2D eigenvalue weighted by molar-refractivity contribution is -0.385. The third kappa shape index (κ3) is 3.74. The second-order valence-electron chi connectivity index (χ2n) is 5.03. The average Bonchev–Trinajstić information content (AvgIpc) is 3.07. The zero-order valence-electron chi connectivity index (χ0n) is 12.5. The van der Waals surface area contributed by atoms with E-state index in [0.717, 1.165) is 0 Å². The van der Waals surface area contributed by atoms with Crippen LogP contribution in [0.15, 0.2) is 53.1 Å². The standard InChI is InChI=1S/C17H10BrFN2O4/c18-13(7-10-1-6-15(22)14(8-10)21(23)24)17-20-9-16(25-17)11-2-4-12(19)5-3-11/h1-9,22H/b13-7-. The zero-order valence-corrected chi connectivity index (χ0v) is 14.1. The van der Waals surface area contributed by atoms with Crippen molar-refractivity contribution in [2.45, 2.75) is 0 Å². The first-order chi connectivity index (χ1) is 11.9. The number of aromatic nitrogens is 1. The van der Waals surface area contributed by atoms with Crippen LogP contribution in [0.25, 0.3) is 21.9 Å². The van der Waals surface area contributed by atoms with Crippen molar-refractivity contribution in [2.75, 3.05) is 0 Å². The summed E-state index contributed by atoms with van der Waals surface area (Å²) >= 11 is 3.31. The van der Waals surface area contributed by atoms with Crippen LogP contribution in [0.1, 0.15) is 11.5 Å². The Labute approximate surface area is 149 Å². The lowest BCUT2D eigenvalue weighted by atomic mass is 10.1. The summed E-state index contributed by atoms with van der Waals surface area (Å²) in [5.41, 5.74) is 0.757. The molecule has 1 aromatic heterocycles. The van der Waals surface area contributed by atoms with Crippen molar-refractivity contribution < 1.29 is 18.8 Å². The van der Waals surface area contributed by atoms with Gasteiger partial charge >= 0.3 is 5.69 Å². The van der Waals surface area contributed by atoms with E-state index in [9.17, 15) is 19.6 Å². The van der Waals surface area contributed by atoms with Gasteiger partial charge in [0.1, 0.15) is 5.82 Å². The van der Waals surface area contributed by atoms with Crippen LogP contribution < -0.4 is 0 Å². The van der Waals surface area contributed by atoms with E-state index in [1.165, 1.54) is 36.5 Å². The number of nitrogens with zero attached hydrogens (tertiary/aromatic N) is 2. The summed E-state index contributed by atoms with van der Waals surface area (Å²) in [5.74, 6) is -0.0430. The third-order valence-electron chi connectivity index (χ3n) is 3.33. The van der Waals surface area contributed by atoms with Gasteiger partial charge in [-0.05, 0) is 57.9 Å². The molecule has 3 rings (SSSR count). The minimum atomic E-state index is -0.668. The second kappa shape index (κ2) is 6.86. The van der Waals surface area contributed by atoms with Gasteiger partial charge in [0.05, 0.1) is 15.6 Å². The summed E-state index contributed by atoms with van der Waals surface area (Å²) in [6.07, 6.45) is 3.07. The van der Waals surface area contributed by atoms with Gasteiger partial charge in [0.15, 0.2) is 11.5 Å². The fraction of sp³-hybridized carbons (Fsp3) is 0. The molecule has 0 amide bonds. The molecule has 0 saturated heterocycles. The molecule has 0 unspecified atom stereocenters. The van der Waals surface area contributed by atoms with Crippen LogP contribution in [-0.4, -0.2) is 15.0 Å². The Kier molecular flexibility index (Phi) is 4.62. The predicted octanol–water partition coefficient (Wildman–Crippen LogP) is 4.99. The van der Waals surface area contributed by atoms with E-state index in [-0.39, 0.29) is 11.7 Å². The Balaban J connectivity index is 1.90. The Morgan fingerprint density at radius 3 is 2.68 bits per heavy atom. The summed E-state index contributed by atoms with van der Waals surface area (Å²) < 4.78 is 19.0. The van der Waals surface area contributed by atoms with Crippen LogP contribution in [0, 0.1) is 15.9 Å². The van der Waals surface area contributed by atoms with E-state index in [1.54, 1.807) is 18.2 Å². The molecule has 25 heavy (non-hydrogen) atoms. The fourth-order valence-electron chi connectivity index (χ4n) is 2.12. The molecule has 0 bridgehead atoms. The highest BCUT2D eigenvalue weighted by Crippen LogP contribution is 2.31. The normalized spacial score (nSPS) is 11.5. The molecule has 0 radical (unpaired) electrons. The first-order valence-corrected chi connectivity index (χ1v) is 7.80. The van der Waals surface area contributed by atoms with Crippen LogP contribution in [0.2, 0.25) is 0 Å². The lowest BCUT2D eigenvalue weighted by Crippen LogP contribution is -1.89. The zero-order chi connectivity index (χ0) is 18.0. The van der Waals surface area contributed by atoms with Crippen molar-refractivity contribution in [1.82, 2.24) is 4.98 Å². The fourth-order valence-corrected chi connectivity index (χ4v) is 2.56. The van der Waals surface area contributed by atoms with Crippen molar-refractivity contribution in [2.24, 2.45) is 0 Å². The van der Waals surface area contributed by atoms with Gasteiger partial charge in [0, 0.05) is 11.6 Å². The molecule has 6 nitrogen and oxygen atoms in total. The maximum Gasteiger partial charge on any atom is 0.311 e. The summed E-state index contributed by atoms with van der Waals surface area (Å²) in [6, 6.07) is 9.77. The molecule has 0 aliphatic rings. The first kappa shape index (κ1) is 16.8. The predicted molar refractivity (Wildman–Crippen MR) is 93.5 cm³/mol. The van der Waals surface area contributed by atoms with Gasteiger partial charge in [0.25, 0.3) is 0 Å². The SMILES string of the molecule is O=[N+]([O-])c1cc(/C=C(\Br)c2ncc(-c3ccc(F)cc3)o2)ccc1O. The maximum absolute atomic E-state index is 13.0. The highest BCUT2D eigenvalue weighted by molar-refractivity contribution is 9.15. The molecule has 0 saturated carbocycles. The molecule has 0 spiro atoms. The molecule has 2 aromatic carbocycles. The number of phenolic OH excluding ortho intramolecular Hbond substituents is 1. The Morgan fingerprint density at radius 1 is 1.28 bits per heavy atom. The van der Waals surface area contributed by atoms with Gasteiger partial charge in [-0.1, -0.05) is 6.07 Å². The number of halogens is 2. The lowest BCUT2D eigenvalue weighted by Gasteiger charge is -1.99. The van der Waals surface area contributed by atoms with Crippen LogP contribution >= 0.6 is 15.9 Å². The average molecular weight is 405 g/mol. The van der Waals surface area contributed by atoms with Crippen molar-refractivity contribution in [3.05, 3.63) is 76.0 Å². The topological polar surface area (TPSA) is 89.4 Å². The molecular formula is C17H10BrFN2O4. The van der Waals surface area contributed by atoms with Gasteiger partial charge in [-0.25, -0.2) is 9.37 Å². The van der Waals surface area contributed by atoms with Crippen LogP contribution in [-0.2, 0) is 0 Å². The Hall–Kier alpha value is -3.00. The van der Waals surface area contributed by atoms with E-state index in [0.29, 0.717) is 21.4 Å². The van der Waals surface area contributed by atoms with Gasteiger partial charge in [-0.2, -0.15) is 0 Å². The Morgan fingerprint density at radius 2 is 2.00 bits per heavy atom. The monoisotopic (exact) mass is 404 g/mol. The van der Waals surface area contributed by atoms with E-state index in [2.05, 4.69) is 20.9 Å². The van der Waals surface area contributed by atoms with Gasteiger partial charge in [-0.15, -0.1) is 0 Å². The molecule has 1 N–H and O–H groups in total. The largest absolute Gasteiger partial charge is 0.502 e. The van der Waals surface area contributed by atoms with Gasteiger partial charge in [0.2, 0.25) is 5.89 Å². The van der Waals surface area contributed by atoms with E-state index < -0.39 is 16.4 Å². The van der Waals surface area contributed by atoms with Crippen molar-refractivity contribution in [3.8, 4) is 17.1 Å². The molecule has 0 fully saturated rings. The molecule has 8 heteroatoms. The number of hydrogen-bond acceptors (Lipinski definition) is 5. The highest BCUT2D eigenvalue weighted by Gasteiger charge is 2.14. The summed E-state index contributed by atoms with van der Waals surface area (Å²) in [6.45, 7) is 0. The molecule has 126 valence electrons. The molecule has 0 atom stereocenters. The van der Waals surface area contributed by atoms with E-state index in [4.69, 9.17) is 4.42 Å². The summed E-state index contributed by atoms with van der Waals surface area (Å²) in [5, 5.41) is 20.3. The number of nitro groups is 1. The number of oxazole rings is 1. The van der Waals surface area contributed by atoms with Crippen molar-refractivity contribution >= 4 is 32.2 Å². The Bertz CT molecular complexity index is 967. The summed E-state index contributed by atoms with van der Waals surface area (Å²) in [7, 11) is 0. The minimum absolute atomic E-state index is 0.259. The number of phenols is 1. The number of benzene rings is 2. The minimum Gasteiger partial charge on any atom is -0.502 e. The molecular weight excluding hydrogens is 395 g/mol. The van der Waals surface area contributed by atoms with Crippen LogP contribution in [0.3, 0.4) is 0 Å². The highest BCUT2D eigenvalue weighted by atomic mass is 79.9. The first-order valence-electron chi connectivity index (χ1n) is 7.01. The van der Waals surface area contributed by atoms with Gasteiger partial charge in [-0.3, -0.25) is 10.1 Å². The van der Waals surface area contributed by atoms with Gasteiger partial charge < -0.3 is 9.52 Å². The molecule has 1 heterocycles. The quantitative estimate of drug-likeness (QED) is 0.488. The summed E-state index contributed by atoms with van der Waals surface area (Å²) in [4.78, 5) is 14.3. The smallest absolute Gasteiger partial charge is 0.311 e. The second-order valence-corrected chi connectivity index (χ2v) is 5.89. The third-order valence-corrected chi connectivity index (χ3v) is 3.90. The molecule has 3 aromatic rings. The number of rotatable bonds is 4. The number of aromatic hydroxyl groups is 1.